The Morgan fingerprint density at radius 1 is 1.26 bits per heavy atom. The minimum atomic E-state index is -3.81. The van der Waals surface area contributed by atoms with Crippen molar-refractivity contribution in [1.29, 1.82) is 0 Å². The molecule has 2 atom stereocenters. The zero-order chi connectivity index (χ0) is 20.8. The minimum absolute atomic E-state index is 0.141. The number of carbonyl (C=O) groups is 1. The van der Waals surface area contributed by atoms with Crippen molar-refractivity contribution in [3.8, 4) is 0 Å². The topological polar surface area (TPSA) is 119 Å². The molecule has 0 bridgehead atoms. The standard InChI is InChI=1S/C17H27N3O6S/c1-6-19(7-2)27(24,25)14-9-10-15(16(11-14)20(22)23)18-13(5)12(4)17(21)26-8-3/h9-13,18H,6-8H2,1-5H3/t12-,13+/m0/s1. The number of nitrogens with zero attached hydrogens (tertiary/aromatic N) is 2. The van der Waals surface area contributed by atoms with Crippen LogP contribution in [0.1, 0.15) is 34.6 Å². The van der Waals surface area contributed by atoms with E-state index in [1.54, 1.807) is 34.6 Å². The van der Waals surface area contributed by atoms with E-state index in [0.29, 0.717) is 0 Å². The first-order valence-electron chi connectivity index (χ1n) is 8.81. The Balaban J connectivity index is 3.21. The molecule has 10 heteroatoms. The predicted octanol–water partition coefficient (Wildman–Crippen LogP) is 2.62. The highest BCUT2D eigenvalue weighted by atomic mass is 32.2. The van der Waals surface area contributed by atoms with E-state index in [-0.39, 0.29) is 36.0 Å². The van der Waals surface area contributed by atoms with Gasteiger partial charge in [0.1, 0.15) is 5.69 Å². The highest BCUT2D eigenvalue weighted by Crippen LogP contribution is 2.30. The SMILES string of the molecule is CCOC(=O)[C@@H](C)[C@@H](C)Nc1ccc(S(=O)(=O)N(CC)CC)cc1[N+](=O)[O-]. The summed E-state index contributed by atoms with van der Waals surface area (Å²) in [6.45, 7) is 9.22. The fourth-order valence-electron chi connectivity index (χ4n) is 2.51. The molecule has 1 rings (SSSR count). The quantitative estimate of drug-likeness (QED) is 0.363. The molecular formula is C17H27N3O6S. The molecule has 0 unspecified atom stereocenters. The van der Waals surface area contributed by atoms with Gasteiger partial charge in [-0.05, 0) is 32.9 Å². The number of hydrogen-bond donors (Lipinski definition) is 1. The number of rotatable bonds is 10. The Hall–Kier alpha value is -2.20. The fraction of sp³-hybridized carbons (Fsp3) is 0.588. The molecule has 27 heavy (non-hydrogen) atoms. The molecule has 0 spiro atoms. The summed E-state index contributed by atoms with van der Waals surface area (Å²) in [5.41, 5.74) is -0.228. The van der Waals surface area contributed by atoms with Crippen LogP contribution in [-0.4, -0.2) is 49.4 Å². The van der Waals surface area contributed by atoms with E-state index in [1.165, 1.54) is 16.4 Å². The van der Waals surface area contributed by atoms with E-state index in [9.17, 15) is 23.3 Å². The van der Waals surface area contributed by atoms with Crippen molar-refractivity contribution in [2.45, 2.75) is 45.6 Å². The summed E-state index contributed by atoms with van der Waals surface area (Å²) in [4.78, 5) is 22.5. The average molecular weight is 401 g/mol. The van der Waals surface area contributed by atoms with Gasteiger partial charge in [0.25, 0.3) is 5.69 Å². The second-order valence-electron chi connectivity index (χ2n) is 6.00. The van der Waals surface area contributed by atoms with Crippen LogP contribution in [0.4, 0.5) is 11.4 Å². The lowest BCUT2D eigenvalue weighted by Gasteiger charge is -2.22. The lowest BCUT2D eigenvalue weighted by molar-refractivity contribution is -0.384. The van der Waals surface area contributed by atoms with Gasteiger partial charge in [0.05, 0.1) is 22.3 Å². The second kappa shape index (κ2) is 9.65. The molecule has 0 aliphatic rings. The maximum absolute atomic E-state index is 12.6. The molecule has 1 aromatic rings. The second-order valence-corrected chi connectivity index (χ2v) is 7.94. The van der Waals surface area contributed by atoms with E-state index < -0.39 is 32.9 Å². The first-order valence-corrected chi connectivity index (χ1v) is 10.3. The molecule has 152 valence electrons. The van der Waals surface area contributed by atoms with Crippen molar-refractivity contribution in [3.05, 3.63) is 28.3 Å². The first kappa shape index (κ1) is 22.8. The van der Waals surface area contributed by atoms with Crippen molar-refractivity contribution in [1.82, 2.24) is 4.31 Å². The molecule has 0 heterocycles. The van der Waals surface area contributed by atoms with Crippen LogP contribution in [0.2, 0.25) is 0 Å². The third-order valence-corrected chi connectivity index (χ3v) is 6.35. The van der Waals surface area contributed by atoms with Gasteiger partial charge in [0, 0.05) is 25.2 Å². The summed E-state index contributed by atoms with van der Waals surface area (Å²) in [6.07, 6.45) is 0. The number of nitro benzene ring substituents is 1. The highest BCUT2D eigenvalue weighted by molar-refractivity contribution is 7.89. The van der Waals surface area contributed by atoms with Crippen molar-refractivity contribution >= 4 is 27.4 Å². The van der Waals surface area contributed by atoms with Crippen LogP contribution in [0, 0.1) is 16.0 Å². The number of ether oxygens (including phenoxy) is 1. The number of carbonyl (C=O) groups excluding carboxylic acids is 1. The minimum Gasteiger partial charge on any atom is -0.466 e. The molecule has 0 fully saturated rings. The summed E-state index contributed by atoms with van der Waals surface area (Å²) in [7, 11) is -3.81. The molecule has 0 saturated carbocycles. The van der Waals surface area contributed by atoms with E-state index >= 15 is 0 Å². The third kappa shape index (κ3) is 5.39. The Morgan fingerprint density at radius 2 is 1.85 bits per heavy atom. The summed E-state index contributed by atoms with van der Waals surface area (Å²) in [5.74, 6) is -0.954. The number of nitrogens with one attached hydrogen (secondary N) is 1. The zero-order valence-corrected chi connectivity index (χ0v) is 17.1. The van der Waals surface area contributed by atoms with Crippen LogP contribution in [0.3, 0.4) is 0 Å². The molecular weight excluding hydrogens is 374 g/mol. The predicted molar refractivity (Wildman–Crippen MR) is 102 cm³/mol. The Labute approximate surface area is 159 Å². The number of nitro groups is 1. The van der Waals surface area contributed by atoms with Crippen molar-refractivity contribution in [2.24, 2.45) is 5.92 Å². The van der Waals surface area contributed by atoms with Gasteiger partial charge in [-0.15, -0.1) is 0 Å². The van der Waals surface area contributed by atoms with E-state index in [4.69, 9.17) is 4.74 Å². The number of esters is 1. The third-order valence-electron chi connectivity index (χ3n) is 4.30. The summed E-state index contributed by atoms with van der Waals surface area (Å²) in [6, 6.07) is 3.26. The number of sulfonamides is 1. The summed E-state index contributed by atoms with van der Waals surface area (Å²) in [5, 5.41) is 14.4. The molecule has 0 radical (unpaired) electrons. The normalized spacial score (nSPS) is 13.9. The van der Waals surface area contributed by atoms with Crippen LogP contribution >= 0.6 is 0 Å². The van der Waals surface area contributed by atoms with Crippen molar-refractivity contribution in [3.63, 3.8) is 0 Å². The van der Waals surface area contributed by atoms with Crippen LogP contribution < -0.4 is 5.32 Å². The maximum atomic E-state index is 12.6. The van der Waals surface area contributed by atoms with E-state index in [0.717, 1.165) is 6.07 Å². The molecule has 0 aliphatic carbocycles. The summed E-state index contributed by atoms with van der Waals surface area (Å²) >= 11 is 0. The fourth-order valence-corrected chi connectivity index (χ4v) is 3.98. The number of anilines is 1. The maximum Gasteiger partial charge on any atom is 0.310 e. The molecule has 0 aliphatic heterocycles. The van der Waals surface area contributed by atoms with Gasteiger partial charge in [0.15, 0.2) is 0 Å². The molecule has 1 N–H and O–H groups in total. The van der Waals surface area contributed by atoms with Gasteiger partial charge >= 0.3 is 5.97 Å². The number of hydrogen-bond acceptors (Lipinski definition) is 7. The van der Waals surface area contributed by atoms with Gasteiger partial charge in [-0.25, -0.2) is 8.42 Å². The lowest BCUT2D eigenvalue weighted by Crippen LogP contribution is -2.32. The Kier molecular flexibility index (Phi) is 8.17. The van der Waals surface area contributed by atoms with E-state index in [1.807, 2.05) is 0 Å². The molecule has 9 nitrogen and oxygen atoms in total. The van der Waals surface area contributed by atoms with Gasteiger partial charge in [-0.1, -0.05) is 13.8 Å². The Morgan fingerprint density at radius 3 is 2.33 bits per heavy atom. The van der Waals surface area contributed by atoms with Crippen LogP contribution in [0.5, 0.6) is 0 Å². The smallest absolute Gasteiger partial charge is 0.310 e. The van der Waals surface area contributed by atoms with Gasteiger partial charge in [-0.2, -0.15) is 4.31 Å². The number of benzene rings is 1. The van der Waals surface area contributed by atoms with Crippen molar-refractivity contribution < 1.29 is 22.9 Å². The highest BCUT2D eigenvalue weighted by Gasteiger charge is 2.28. The summed E-state index contributed by atoms with van der Waals surface area (Å²) < 4.78 is 31.4. The largest absolute Gasteiger partial charge is 0.466 e. The lowest BCUT2D eigenvalue weighted by atomic mass is 10.0. The van der Waals surface area contributed by atoms with Gasteiger partial charge in [0.2, 0.25) is 10.0 Å². The van der Waals surface area contributed by atoms with Crippen molar-refractivity contribution in [2.75, 3.05) is 25.0 Å². The molecule has 0 amide bonds. The van der Waals surface area contributed by atoms with Crippen LogP contribution in [0.25, 0.3) is 0 Å². The monoisotopic (exact) mass is 401 g/mol. The zero-order valence-electron chi connectivity index (χ0n) is 16.3. The Bertz CT molecular complexity index is 777. The van der Waals surface area contributed by atoms with Crippen LogP contribution in [-0.2, 0) is 19.6 Å². The molecule has 0 aromatic heterocycles. The average Bonchev–Trinajstić information content (AvgIpc) is 2.61. The first-order chi connectivity index (χ1) is 12.6. The van der Waals surface area contributed by atoms with Crippen LogP contribution in [0.15, 0.2) is 23.1 Å². The molecule has 1 aromatic carbocycles. The molecule has 0 saturated heterocycles. The van der Waals surface area contributed by atoms with Gasteiger partial charge < -0.3 is 10.1 Å². The van der Waals surface area contributed by atoms with Gasteiger partial charge in [-0.3, -0.25) is 14.9 Å². The van der Waals surface area contributed by atoms with E-state index in [2.05, 4.69) is 5.32 Å².